The molecule has 6 heteroatoms. The van der Waals surface area contributed by atoms with Gasteiger partial charge >= 0.3 is 0 Å². The van der Waals surface area contributed by atoms with Gasteiger partial charge in [-0.1, -0.05) is 6.07 Å². The first-order valence-corrected chi connectivity index (χ1v) is 6.72. The summed E-state index contributed by atoms with van der Waals surface area (Å²) in [7, 11) is 0. The second-order valence-electron chi connectivity index (χ2n) is 4.09. The Morgan fingerprint density at radius 3 is 3.05 bits per heavy atom. The van der Waals surface area contributed by atoms with Crippen molar-refractivity contribution in [1.82, 2.24) is 15.2 Å². The van der Waals surface area contributed by atoms with E-state index in [0.29, 0.717) is 5.89 Å². The Labute approximate surface area is 114 Å². The molecular formula is C13H12N4OS. The molecule has 2 aromatic heterocycles. The number of benzene rings is 1. The van der Waals surface area contributed by atoms with Crippen LogP contribution in [0.3, 0.4) is 0 Å². The summed E-state index contributed by atoms with van der Waals surface area (Å²) in [5.41, 5.74) is 3.75. The molecule has 1 unspecified atom stereocenters. The molecule has 1 N–H and O–H groups in total. The lowest BCUT2D eigenvalue weighted by Gasteiger charge is -2.13. The van der Waals surface area contributed by atoms with Gasteiger partial charge in [0.15, 0.2) is 0 Å². The molecule has 0 fully saturated rings. The van der Waals surface area contributed by atoms with E-state index in [9.17, 15) is 0 Å². The summed E-state index contributed by atoms with van der Waals surface area (Å²) < 4.78 is 5.19. The number of rotatable bonds is 4. The van der Waals surface area contributed by atoms with Crippen molar-refractivity contribution in [3.05, 3.63) is 47.2 Å². The smallest absolute Gasteiger partial charge is 0.247 e. The Kier molecular flexibility index (Phi) is 3.24. The molecule has 0 amide bonds. The van der Waals surface area contributed by atoms with Crippen LogP contribution in [0.1, 0.15) is 17.8 Å². The van der Waals surface area contributed by atoms with Crippen LogP contribution in [0.4, 0.5) is 5.69 Å². The lowest BCUT2D eigenvalue weighted by Crippen LogP contribution is -2.04. The SMILES string of the molecule is CC(Nc1cccc(-c2nnco2)c1)c1cncs1. The van der Waals surface area contributed by atoms with E-state index in [2.05, 4.69) is 27.4 Å². The summed E-state index contributed by atoms with van der Waals surface area (Å²) in [4.78, 5) is 5.29. The minimum atomic E-state index is 0.213. The molecule has 0 aliphatic heterocycles. The first-order valence-electron chi connectivity index (χ1n) is 5.84. The summed E-state index contributed by atoms with van der Waals surface area (Å²) in [6.45, 7) is 2.10. The summed E-state index contributed by atoms with van der Waals surface area (Å²) in [5, 5.41) is 11.0. The third-order valence-corrected chi connectivity index (χ3v) is 3.69. The molecule has 0 saturated heterocycles. The number of hydrogen-bond acceptors (Lipinski definition) is 6. The summed E-state index contributed by atoms with van der Waals surface area (Å²) in [6, 6.07) is 8.12. The number of aromatic nitrogens is 3. The van der Waals surface area contributed by atoms with Gasteiger partial charge in [-0.3, -0.25) is 4.98 Å². The van der Waals surface area contributed by atoms with Gasteiger partial charge < -0.3 is 9.73 Å². The van der Waals surface area contributed by atoms with Gasteiger partial charge in [0.25, 0.3) is 0 Å². The van der Waals surface area contributed by atoms with Gasteiger partial charge in [-0.2, -0.15) is 0 Å². The zero-order chi connectivity index (χ0) is 13.1. The minimum absolute atomic E-state index is 0.213. The molecule has 3 aromatic rings. The maximum absolute atomic E-state index is 5.19. The number of thiazole rings is 1. The molecule has 0 bridgehead atoms. The van der Waals surface area contributed by atoms with E-state index in [1.807, 2.05) is 36.0 Å². The largest absolute Gasteiger partial charge is 0.423 e. The Balaban J connectivity index is 1.80. The second-order valence-corrected chi connectivity index (χ2v) is 5.01. The van der Waals surface area contributed by atoms with Gasteiger partial charge in [0.2, 0.25) is 12.3 Å². The molecule has 0 saturated carbocycles. The maximum atomic E-state index is 5.19. The third kappa shape index (κ3) is 2.63. The lowest BCUT2D eigenvalue weighted by atomic mass is 10.2. The van der Waals surface area contributed by atoms with Crippen molar-refractivity contribution in [2.75, 3.05) is 5.32 Å². The normalized spacial score (nSPS) is 12.3. The molecule has 3 rings (SSSR count). The summed E-state index contributed by atoms with van der Waals surface area (Å²) in [6.07, 6.45) is 3.21. The quantitative estimate of drug-likeness (QED) is 0.789. The van der Waals surface area contributed by atoms with Gasteiger partial charge in [-0.25, -0.2) is 0 Å². The van der Waals surface area contributed by atoms with E-state index >= 15 is 0 Å². The van der Waals surface area contributed by atoms with Gasteiger partial charge in [0.05, 0.1) is 11.6 Å². The van der Waals surface area contributed by atoms with Crippen LogP contribution in [0.5, 0.6) is 0 Å². The fourth-order valence-electron chi connectivity index (χ4n) is 1.80. The average Bonchev–Trinajstić information content (AvgIpc) is 3.13. The number of anilines is 1. The fraction of sp³-hybridized carbons (Fsp3) is 0.154. The van der Waals surface area contributed by atoms with Crippen LogP contribution in [0, 0.1) is 0 Å². The van der Waals surface area contributed by atoms with Gasteiger partial charge in [-0.15, -0.1) is 21.5 Å². The van der Waals surface area contributed by atoms with Crippen molar-refractivity contribution < 1.29 is 4.42 Å². The van der Waals surface area contributed by atoms with Gasteiger partial charge in [0, 0.05) is 22.3 Å². The Morgan fingerprint density at radius 1 is 1.37 bits per heavy atom. The van der Waals surface area contributed by atoms with E-state index < -0.39 is 0 Å². The van der Waals surface area contributed by atoms with Crippen molar-refractivity contribution in [2.45, 2.75) is 13.0 Å². The van der Waals surface area contributed by atoms with Crippen molar-refractivity contribution in [3.8, 4) is 11.5 Å². The molecule has 1 aromatic carbocycles. The standard InChI is InChI=1S/C13H12N4OS/c1-9(12-6-14-8-19-12)16-11-4-2-3-10(5-11)13-17-15-7-18-13/h2-9,16H,1H3. The van der Waals surface area contributed by atoms with E-state index in [4.69, 9.17) is 4.42 Å². The molecule has 0 radical (unpaired) electrons. The number of hydrogen-bond donors (Lipinski definition) is 1. The Hall–Kier alpha value is -2.21. The van der Waals surface area contributed by atoms with E-state index in [1.54, 1.807) is 11.3 Å². The van der Waals surface area contributed by atoms with Crippen LogP contribution >= 0.6 is 11.3 Å². The maximum Gasteiger partial charge on any atom is 0.247 e. The monoisotopic (exact) mass is 272 g/mol. The summed E-state index contributed by atoms with van der Waals surface area (Å²) >= 11 is 1.64. The van der Waals surface area contributed by atoms with E-state index in [-0.39, 0.29) is 6.04 Å². The highest BCUT2D eigenvalue weighted by atomic mass is 32.1. The average molecular weight is 272 g/mol. The molecule has 19 heavy (non-hydrogen) atoms. The predicted molar refractivity (Wildman–Crippen MR) is 73.9 cm³/mol. The van der Waals surface area contributed by atoms with Crippen LogP contribution in [-0.2, 0) is 0 Å². The molecule has 5 nitrogen and oxygen atoms in total. The fourth-order valence-corrected chi connectivity index (χ4v) is 2.43. The number of nitrogens with one attached hydrogen (secondary N) is 1. The highest BCUT2D eigenvalue weighted by Gasteiger charge is 2.08. The number of nitrogens with zero attached hydrogens (tertiary/aromatic N) is 3. The van der Waals surface area contributed by atoms with Gasteiger partial charge in [0.1, 0.15) is 0 Å². The van der Waals surface area contributed by atoms with Crippen LogP contribution in [0.15, 0.2) is 46.8 Å². The zero-order valence-corrected chi connectivity index (χ0v) is 11.1. The van der Waals surface area contributed by atoms with Gasteiger partial charge in [-0.05, 0) is 25.1 Å². The van der Waals surface area contributed by atoms with Crippen LogP contribution in [0.25, 0.3) is 11.5 Å². The van der Waals surface area contributed by atoms with Crippen molar-refractivity contribution in [2.24, 2.45) is 0 Å². The lowest BCUT2D eigenvalue weighted by molar-refractivity contribution is 0.568. The van der Waals surface area contributed by atoms with E-state index in [1.165, 1.54) is 11.3 Å². The molecule has 0 aliphatic carbocycles. The predicted octanol–water partition coefficient (Wildman–Crippen LogP) is 3.37. The second kappa shape index (κ2) is 5.19. The Bertz CT molecular complexity index is 636. The van der Waals surface area contributed by atoms with Crippen molar-refractivity contribution in [1.29, 1.82) is 0 Å². The van der Waals surface area contributed by atoms with Crippen LogP contribution in [0.2, 0.25) is 0 Å². The molecule has 1 atom stereocenters. The first kappa shape index (κ1) is 11.9. The topological polar surface area (TPSA) is 63.8 Å². The van der Waals surface area contributed by atoms with Crippen LogP contribution in [-0.4, -0.2) is 15.2 Å². The van der Waals surface area contributed by atoms with Crippen LogP contribution < -0.4 is 5.32 Å². The first-order chi connectivity index (χ1) is 9.33. The summed E-state index contributed by atoms with van der Waals surface area (Å²) in [5.74, 6) is 0.522. The minimum Gasteiger partial charge on any atom is -0.423 e. The molecule has 2 heterocycles. The zero-order valence-electron chi connectivity index (χ0n) is 10.3. The molecule has 96 valence electrons. The Morgan fingerprint density at radius 2 is 2.32 bits per heavy atom. The van der Waals surface area contributed by atoms with E-state index in [0.717, 1.165) is 11.3 Å². The highest BCUT2D eigenvalue weighted by Crippen LogP contribution is 2.25. The molecule has 0 spiro atoms. The molecule has 0 aliphatic rings. The molecular weight excluding hydrogens is 260 g/mol. The third-order valence-electron chi connectivity index (χ3n) is 2.73. The highest BCUT2D eigenvalue weighted by molar-refractivity contribution is 7.09. The van der Waals surface area contributed by atoms with Crippen molar-refractivity contribution >= 4 is 17.0 Å². The van der Waals surface area contributed by atoms with Crippen molar-refractivity contribution in [3.63, 3.8) is 0 Å².